The molecular formula is C24H33N5O3S. The summed E-state index contributed by atoms with van der Waals surface area (Å²) in [7, 11) is 0. The molecule has 2 aromatic rings. The van der Waals surface area contributed by atoms with Crippen LogP contribution in [0.3, 0.4) is 0 Å². The zero-order valence-corrected chi connectivity index (χ0v) is 20.3. The largest absolute Gasteiger partial charge is 0.395 e. The highest BCUT2D eigenvalue weighted by Gasteiger charge is 2.36. The number of rotatable bonds is 9. The molecule has 1 atom stereocenters. The van der Waals surface area contributed by atoms with Crippen molar-refractivity contribution in [3.05, 3.63) is 39.9 Å². The highest BCUT2D eigenvalue weighted by atomic mass is 32.1. The Hall–Kier alpha value is -2.94. The summed E-state index contributed by atoms with van der Waals surface area (Å²) in [5.41, 5.74) is 13.8. The van der Waals surface area contributed by atoms with Crippen LogP contribution >= 0.6 is 11.5 Å². The van der Waals surface area contributed by atoms with Gasteiger partial charge in [0.1, 0.15) is 10.9 Å². The van der Waals surface area contributed by atoms with Gasteiger partial charge in [0.2, 0.25) is 5.91 Å². The summed E-state index contributed by atoms with van der Waals surface area (Å²) >= 11 is 0.833. The second kappa shape index (κ2) is 10.8. The molecule has 1 aliphatic rings. The molecule has 0 unspecified atom stereocenters. The van der Waals surface area contributed by atoms with Crippen LogP contribution in [0.4, 0.5) is 11.4 Å². The van der Waals surface area contributed by atoms with Crippen LogP contribution in [0.1, 0.15) is 83.2 Å². The minimum absolute atomic E-state index is 0.0433. The number of carbonyl (C=O) groups excluding carboxylic acids is 3. The van der Waals surface area contributed by atoms with Crippen LogP contribution in [0.25, 0.3) is 0 Å². The molecular weight excluding hydrogens is 438 g/mol. The molecule has 8 nitrogen and oxygen atoms in total. The molecule has 0 saturated heterocycles. The van der Waals surface area contributed by atoms with Crippen LogP contribution in [0.5, 0.6) is 0 Å². The van der Waals surface area contributed by atoms with E-state index in [0.29, 0.717) is 12.1 Å². The number of carbonyl (C=O) groups is 3. The maximum atomic E-state index is 13.9. The van der Waals surface area contributed by atoms with Crippen molar-refractivity contribution in [2.75, 3.05) is 10.6 Å². The molecule has 3 rings (SSSR count). The summed E-state index contributed by atoms with van der Waals surface area (Å²) in [4.78, 5) is 40.7. The van der Waals surface area contributed by atoms with E-state index >= 15 is 0 Å². The standard InChI is InChI=1S/C24H33N5O3S/c1-4-5-10-17(23(31)27-16-8-6-7-9-16)29(18-13-14(2)11-12-15(18)3)24(32)21-19(25)20(22(26)30)28-33-21/h11-13,16-17H,4-10,25H2,1-3H3,(H2,26,30)(H,27,31)/t17-/m1/s1. The molecule has 1 heterocycles. The van der Waals surface area contributed by atoms with E-state index in [0.717, 1.165) is 61.2 Å². The number of nitrogens with two attached hydrogens (primary N) is 2. The smallest absolute Gasteiger partial charge is 0.272 e. The van der Waals surface area contributed by atoms with Gasteiger partial charge in [-0.2, -0.15) is 4.37 Å². The number of amides is 3. The number of anilines is 2. The minimum atomic E-state index is -0.789. The quantitative estimate of drug-likeness (QED) is 0.513. The predicted octanol–water partition coefficient (Wildman–Crippen LogP) is 3.71. The second-order valence-corrected chi connectivity index (χ2v) is 9.52. The lowest BCUT2D eigenvalue weighted by atomic mass is 10.0. The average Bonchev–Trinajstić information content (AvgIpc) is 3.42. The van der Waals surface area contributed by atoms with Crippen molar-refractivity contribution in [2.24, 2.45) is 5.73 Å². The first-order valence-electron chi connectivity index (χ1n) is 11.5. The molecule has 0 spiro atoms. The number of benzene rings is 1. The Morgan fingerprint density at radius 3 is 2.55 bits per heavy atom. The Bertz CT molecular complexity index is 1030. The van der Waals surface area contributed by atoms with Gasteiger partial charge in [-0.15, -0.1) is 0 Å². The van der Waals surface area contributed by atoms with Gasteiger partial charge in [0.25, 0.3) is 11.8 Å². The van der Waals surface area contributed by atoms with Crippen molar-refractivity contribution in [2.45, 2.75) is 77.8 Å². The molecule has 0 aliphatic heterocycles. The zero-order chi connectivity index (χ0) is 24.1. The summed E-state index contributed by atoms with van der Waals surface area (Å²) < 4.78 is 4.00. The van der Waals surface area contributed by atoms with Crippen molar-refractivity contribution in [3.63, 3.8) is 0 Å². The minimum Gasteiger partial charge on any atom is -0.395 e. The van der Waals surface area contributed by atoms with Crippen molar-refractivity contribution >= 4 is 40.6 Å². The van der Waals surface area contributed by atoms with Crippen LogP contribution < -0.4 is 21.7 Å². The SMILES string of the molecule is CCCC[C@H](C(=O)NC1CCCC1)N(C(=O)c1snc(C(N)=O)c1N)c1cc(C)ccc1C. The number of aryl methyl sites for hydroxylation is 2. The topological polar surface area (TPSA) is 131 Å². The molecule has 1 saturated carbocycles. The Labute approximate surface area is 198 Å². The van der Waals surface area contributed by atoms with E-state index < -0.39 is 17.9 Å². The fourth-order valence-electron chi connectivity index (χ4n) is 4.28. The number of nitrogen functional groups attached to an aromatic ring is 1. The van der Waals surface area contributed by atoms with Crippen LogP contribution in [-0.4, -0.2) is 34.2 Å². The molecule has 1 aliphatic carbocycles. The number of nitrogens with one attached hydrogen (secondary N) is 1. The predicted molar refractivity (Wildman–Crippen MR) is 131 cm³/mol. The van der Waals surface area contributed by atoms with E-state index in [1.54, 1.807) is 0 Å². The van der Waals surface area contributed by atoms with E-state index in [1.807, 2.05) is 32.0 Å². The van der Waals surface area contributed by atoms with Gasteiger partial charge in [-0.25, -0.2) is 0 Å². The molecule has 5 N–H and O–H groups in total. The Morgan fingerprint density at radius 2 is 1.94 bits per heavy atom. The lowest BCUT2D eigenvalue weighted by Crippen LogP contribution is -2.52. The molecule has 1 fully saturated rings. The molecule has 33 heavy (non-hydrogen) atoms. The van der Waals surface area contributed by atoms with E-state index in [-0.39, 0.29) is 28.2 Å². The summed E-state index contributed by atoms with van der Waals surface area (Å²) in [5.74, 6) is -1.40. The number of hydrogen-bond acceptors (Lipinski definition) is 6. The Balaban J connectivity index is 2.08. The first-order valence-corrected chi connectivity index (χ1v) is 12.3. The van der Waals surface area contributed by atoms with Crippen LogP contribution in [0.2, 0.25) is 0 Å². The van der Waals surface area contributed by atoms with E-state index in [4.69, 9.17) is 11.5 Å². The second-order valence-electron chi connectivity index (χ2n) is 8.75. The molecule has 1 aromatic carbocycles. The first kappa shape index (κ1) is 24.7. The van der Waals surface area contributed by atoms with Gasteiger partial charge >= 0.3 is 0 Å². The van der Waals surface area contributed by atoms with Crippen molar-refractivity contribution < 1.29 is 14.4 Å². The zero-order valence-electron chi connectivity index (χ0n) is 19.5. The number of aromatic nitrogens is 1. The molecule has 9 heteroatoms. The van der Waals surface area contributed by atoms with Gasteiger partial charge in [-0.05, 0) is 61.8 Å². The highest BCUT2D eigenvalue weighted by molar-refractivity contribution is 7.09. The van der Waals surface area contributed by atoms with Crippen molar-refractivity contribution in [1.82, 2.24) is 9.69 Å². The fraction of sp³-hybridized carbons (Fsp3) is 0.500. The third-order valence-corrected chi connectivity index (χ3v) is 7.00. The first-order chi connectivity index (χ1) is 15.7. The molecule has 1 aromatic heterocycles. The third-order valence-electron chi connectivity index (χ3n) is 6.15. The Morgan fingerprint density at radius 1 is 1.24 bits per heavy atom. The summed E-state index contributed by atoms with van der Waals surface area (Å²) in [5, 5.41) is 3.17. The van der Waals surface area contributed by atoms with Gasteiger partial charge in [0.05, 0.1) is 5.69 Å². The number of unbranched alkanes of at least 4 members (excludes halogenated alkanes) is 1. The lowest BCUT2D eigenvalue weighted by molar-refractivity contribution is -0.123. The van der Waals surface area contributed by atoms with E-state index in [1.165, 1.54) is 4.90 Å². The van der Waals surface area contributed by atoms with Crippen LogP contribution in [0, 0.1) is 13.8 Å². The lowest BCUT2D eigenvalue weighted by Gasteiger charge is -2.33. The maximum absolute atomic E-state index is 13.9. The van der Waals surface area contributed by atoms with Crippen molar-refractivity contribution in [1.29, 1.82) is 0 Å². The normalized spacial score (nSPS) is 14.8. The molecule has 0 radical (unpaired) electrons. The maximum Gasteiger partial charge on any atom is 0.272 e. The summed E-state index contributed by atoms with van der Waals surface area (Å²) in [6.07, 6.45) is 6.27. The summed E-state index contributed by atoms with van der Waals surface area (Å²) in [6.45, 7) is 5.90. The average molecular weight is 472 g/mol. The van der Waals surface area contributed by atoms with Crippen molar-refractivity contribution in [3.8, 4) is 0 Å². The Kier molecular flexibility index (Phi) is 8.07. The molecule has 0 bridgehead atoms. The van der Waals surface area contributed by atoms with Crippen LogP contribution in [-0.2, 0) is 4.79 Å². The van der Waals surface area contributed by atoms with E-state index in [9.17, 15) is 14.4 Å². The molecule has 178 valence electrons. The van der Waals surface area contributed by atoms with Crippen LogP contribution in [0.15, 0.2) is 18.2 Å². The number of hydrogen-bond donors (Lipinski definition) is 3. The van der Waals surface area contributed by atoms with Gasteiger partial charge in [0.15, 0.2) is 5.69 Å². The third kappa shape index (κ3) is 5.52. The monoisotopic (exact) mass is 471 g/mol. The van der Waals surface area contributed by atoms with Gasteiger partial charge < -0.3 is 16.8 Å². The fourth-order valence-corrected chi connectivity index (χ4v) is 5.02. The van der Waals surface area contributed by atoms with Gasteiger partial charge in [-0.1, -0.05) is 44.7 Å². The number of primary amides is 1. The number of nitrogens with zero attached hydrogens (tertiary/aromatic N) is 2. The molecule has 3 amide bonds. The van der Waals surface area contributed by atoms with Gasteiger partial charge in [-0.3, -0.25) is 19.3 Å². The van der Waals surface area contributed by atoms with E-state index in [2.05, 4.69) is 16.6 Å². The summed E-state index contributed by atoms with van der Waals surface area (Å²) in [6, 6.07) is 5.22. The van der Waals surface area contributed by atoms with Gasteiger partial charge in [0, 0.05) is 11.7 Å². The highest BCUT2D eigenvalue weighted by Crippen LogP contribution is 2.31.